The van der Waals surface area contributed by atoms with Gasteiger partial charge in [0.05, 0.1) is 4.34 Å². The normalized spacial score (nSPS) is 12.8. The van der Waals surface area contributed by atoms with E-state index >= 15 is 0 Å². The van der Waals surface area contributed by atoms with Gasteiger partial charge in [0.2, 0.25) is 10.0 Å². The van der Waals surface area contributed by atoms with Crippen LogP contribution in [0.3, 0.4) is 0 Å². The molecule has 0 aliphatic rings. The molecule has 19 heavy (non-hydrogen) atoms. The summed E-state index contributed by atoms with van der Waals surface area (Å²) in [6, 6.07) is 5.12. The Bertz CT molecular complexity index is 644. The Balaban J connectivity index is 2.10. The molecule has 0 bridgehead atoms. The van der Waals surface area contributed by atoms with Crippen LogP contribution < -0.4 is 4.72 Å². The van der Waals surface area contributed by atoms with E-state index in [-0.39, 0.29) is 9.62 Å². The molecule has 0 spiro atoms. The first kappa shape index (κ1) is 15.0. The van der Waals surface area contributed by atoms with Crippen molar-refractivity contribution >= 4 is 44.3 Å². The third-order valence-electron chi connectivity index (χ3n) is 2.82. The van der Waals surface area contributed by atoms with Crippen LogP contribution in [-0.4, -0.2) is 15.0 Å². The lowest BCUT2D eigenvalue weighted by Gasteiger charge is -2.23. The van der Waals surface area contributed by atoms with Gasteiger partial charge in [0, 0.05) is 12.0 Å². The molecular formula is C12H14ClNO2S3. The molecule has 104 valence electrons. The maximum atomic E-state index is 12.1. The van der Waals surface area contributed by atoms with Crippen molar-refractivity contribution in [3.8, 4) is 0 Å². The second-order valence-electron chi connectivity index (χ2n) is 4.78. The molecular weight excluding hydrogens is 322 g/mol. The molecule has 0 aromatic carbocycles. The van der Waals surface area contributed by atoms with Crippen LogP contribution >= 0.6 is 34.3 Å². The molecule has 0 atom stereocenters. The fraction of sp³-hybridized carbons (Fsp3) is 0.333. The predicted octanol–water partition coefficient (Wildman–Crippen LogP) is 3.72. The monoisotopic (exact) mass is 335 g/mol. The molecule has 2 aromatic heterocycles. The van der Waals surface area contributed by atoms with Crippen molar-refractivity contribution in [3.05, 3.63) is 38.9 Å². The van der Waals surface area contributed by atoms with Gasteiger partial charge in [-0.15, -0.1) is 11.3 Å². The fourth-order valence-electron chi connectivity index (χ4n) is 1.54. The number of halogens is 1. The van der Waals surface area contributed by atoms with E-state index in [9.17, 15) is 8.42 Å². The average molecular weight is 336 g/mol. The van der Waals surface area contributed by atoms with Crippen molar-refractivity contribution in [2.45, 2.75) is 23.5 Å². The molecule has 0 aliphatic heterocycles. The number of sulfonamides is 1. The second-order valence-corrected chi connectivity index (χ2v) is 9.27. The molecule has 0 saturated carbocycles. The number of hydrogen-bond acceptors (Lipinski definition) is 4. The minimum atomic E-state index is -3.48. The molecule has 7 heteroatoms. The quantitative estimate of drug-likeness (QED) is 0.905. The summed E-state index contributed by atoms with van der Waals surface area (Å²) in [4.78, 5) is 0. The van der Waals surface area contributed by atoms with Crippen LogP contribution in [0.5, 0.6) is 0 Å². The molecule has 0 unspecified atom stereocenters. The summed E-state index contributed by atoms with van der Waals surface area (Å²) in [6.07, 6.45) is 0. The van der Waals surface area contributed by atoms with Crippen molar-refractivity contribution in [3.63, 3.8) is 0 Å². The minimum Gasteiger partial charge on any atom is -0.210 e. The standard InChI is InChI=1S/C12H14ClNO2S3/c1-12(2,9-5-6-17-7-9)8-14-19(15,16)11-4-3-10(13)18-11/h3-7,14H,8H2,1-2H3. The Morgan fingerprint density at radius 3 is 2.58 bits per heavy atom. The van der Waals surface area contributed by atoms with Crippen LogP contribution in [0.2, 0.25) is 4.34 Å². The van der Waals surface area contributed by atoms with Gasteiger partial charge >= 0.3 is 0 Å². The van der Waals surface area contributed by atoms with Gasteiger partial charge in [0.1, 0.15) is 4.21 Å². The summed E-state index contributed by atoms with van der Waals surface area (Å²) < 4.78 is 27.6. The number of nitrogens with one attached hydrogen (secondary N) is 1. The summed E-state index contributed by atoms with van der Waals surface area (Å²) in [6.45, 7) is 4.37. The van der Waals surface area contributed by atoms with E-state index in [2.05, 4.69) is 4.72 Å². The number of rotatable bonds is 5. The van der Waals surface area contributed by atoms with E-state index in [0.717, 1.165) is 16.9 Å². The lowest BCUT2D eigenvalue weighted by atomic mass is 9.87. The lowest BCUT2D eigenvalue weighted by Crippen LogP contribution is -2.36. The van der Waals surface area contributed by atoms with Crippen LogP contribution in [0.4, 0.5) is 0 Å². The Hall–Kier alpha value is -0.400. The van der Waals surface area contributed by atoms with Gasteiger partial charge in [-0.1, -0.05) is 25.4 Å². The number of thiophene rings is 2. The van der Waals surface area contributed by atoms with Crippen LogP contribution in [0.1, 0.15) is 19.4 Å². The molecule has 3 nitrogen and oxygen atoms in total. The molecule has 0 aliphatic carbocycles. The number of hydrogen-bond donors (Lipinski definition) is 1. The van der Waals surface area contributed by atoms with E-state index in [1.54, 1.807) is 17.4 Å². The summed E-state index contributed by atoms with van der Waals surface area (Å²) in [7, 11) is -3.48. The Kier molecular flexibility index (Phi) is 4.37. The molecule has 0 saturated heterocycles. The van der Waals surface area contributed by atoms with Crippen molar-refractivity contribution in [2.24, 2.45) is 0 Å². The highest BCUT2D eigenvalue weighted by Gasteiger charge is 2.25. The predicted molar refractivity (Wildman–Crippen MR) is 81.9 cm³/mol. The zero-order valence-corrected chi connectivity index (χ0v) is 13.7. The Labute approximate surface area is 126 Å². The molecule has 0 radical (unpaired) electrons. The fourth-order valence-corrected chi connectivity index (χ4v) is 5.13. The molecule has 2 rings (SSSR count). The van der Waals surface area contributed by atoms with Gasteiger partial charge < -0.3 is 0 Å². The third kappa shape index (κ3) is 3.58. The zero-order chi connectivity index (χ0) is 14.1. The van der Waals surface area contributed by atoms with Gasteiger partial charge in [-0.25, -0.2) is 13.1 Å². The molecule has 0 amide bonds. The second kappa shape index (κ2) is 5.54. The molecule has 1 N–H and O–H groups in total. The first-order valence-electron chi connectivity index (χ1n) is 5.59. The SMILES string of the molecule is CC(C)(CNS(=O)(=O)c1ccc(Cl)s1)c1ccsc1. The van der Waals surface area contributed by atoms with Gasteiger partial charge in [-0.2, -0.15) is 11.3 Å². The maximum absolute atomic E-state index is 12.1. The largest absolute Gasteiger partial charge is 0.250 e. The minimum absolute atomic E-state index is 0.242. The molecule has 2 heterocycles. The van der Waals surface area contributed by atoms with Crippen molar-refractivity contribution < 1.29 is 8.42 Å². The molecule has 0 fully saturated rings. The van der Waals surface area contributed by atoms with Crippen molar-refractivity contribution in [1.82, 2.24) is 4.72 Å². The van der Waals surface area contributed by atoms with E-state index in [1.807, 2.05) is 30.7 Å². The third-order valence-corrected chi connectivity index (χ3v) is 6.63. The topological polar surface area (TPSA) is 46.2 Å². The summed E-state index contributed by atoms with van der Waals surface area (Å²) in [5.41, 5.74) is 0.887. The van der Waals surface area contributed by atoms with Gasteiger partial charge in [0.15, 0.2) is 0 Å². The molecule has 2 aromatic rings. The Morgan fingerprint density at radius 2 is 2.05 bits per heavy atom. The Morgan fingerprint density at radius 1 is 1.32 bits per heavy atom. The average Bonchev–Trinajstić information content (AvgIpc) is 2.97. The van der Waals surface area contributed by atoms with Crippen molar-refractivity contribution in [2.75, 3.05) is 6.54 Å². The lowest BCUT2D eigenvalue weighted by molar-refractivity contribution is 0.503. The van der Waals surface area contributed by atoms with Gasteiger partial charge in [-0.05, 0) is 34.5 Å². The summed E-state index contributed by atoms with van der Waals surface area (Å²) in [5, 5.41) is 4.03. The maximum Gasteiger partial charge on any atom is 0.250 e. The van der Waals surface area contributed by atoms with Crippen LogP contribution in [0.15, 0.2) is 33.2 Å². The summed E-state index contributed by atoms with van der Waals surface area (Å²) >= 11 is 8.43. The van der Waals surface area contributed by atoms with E-state index < -0.39 is 10.0 Å². The van der Waals surface area contributed by atoms with Gasteiger partial charge in [-0.3, -0.25) is 0 Å². The van der Waals surface area contributed by atoms with E-state index in [0.29, 0.717) is 10.9 Å². The first-order valence-corrected chi connectivity index (χ1v) is 9.21. The highest BCUT2D eigenvalue weighted by molar-refractivity contribution is 7.91. The first-order chi connectivity index (χ1) is 8.81. The zero-order valence-electron chi connectivity index (χ0n) is 10.5. The van der Waals surface area contributed by atoms with Gasteiger partial charge in [0.25, 0.3) is 0 Å². The van der Waals surface area contributed by atoms with Crippen molar-refractivity contribution in [1.29, 1.82) is 0 Å². The smallest absolute Gasteiger partial charge is 0.210 e. The van der Waals surface area contributed by atoms with Crippen LogP contribution in [0.25, 0.3) is 0 Å². The van der Waals surface area contributed by atoms with Crippen LogP contribution in [-0.2, 0) is 15.4 Å². The highest BCUT2D eigenvalue weighted by Crippen LogP contribution is 2.27. The van der Waals surface area contributed by atoms with E-state index in [1.165, 1.54) is 6.07 Å². The van der Waals surface area contributed by atoms with E-state index in [4.69, 9.17) is 11.6 Å². The summed E-state index contributed by atoms with van der Waals surface area (Å²) in [5.74, 6) is 0. The highest BCUT2D eigenvalue weighted by atomic mass is 35.5. The van der Waals surface area contributed by atoms with Crippen LogP contribution in [0, 0.1) is 0 Å².